The Labute approximate surface area is 140 Å². The molecule has 0 bridgehead atoms. The van der Waals surface area contributed by atoms with Gasteiger partial charge in [-0.1, -0.05) is 24.9 Å². The van der Waals surface area contributed by atoms with Crippen molar-refractivity contribution >= 4 is 11.6 Å². The highest BCUT2D eigenvalue weighted by Crippen LogP contribution is 2.19. The zero-order valence-electron chi connectivity index (χ0n) is 12.9. The van der Waals surface area contributed by atoms with Gasteiger partial charge in [0.15, 0.2) is 11.6 Å². The molecule has 0 aliphatic heterocycles. The molecule has 0 aliphatic rings. The lowest BCUT2D eigenvalue weighted by Crippen LogP contribution is -1.95. The predicted octanol–water partition coefficient (Wildman–Crippen LogP) is 4.60. The summed E-state index contributed by atoms with van der Waals surface area (Å²) in [6, 6.07) is 7.45. The van der Waals surface area contributed by atoms with E-state index in [1.54, 1.807) is 12.4 Å². The molecule has 0 aliphatic carbocycles. The van der Waals surface area contributed by atoms with Crippen molar-refractivity contribution in [2.45, 2.75) is 26.2 Å². The fourth-order valence-corrected chi connectivity index (χ4v) is 2.33. The Bertz CT molecular complexity index is 753. The van der Waals surface area contributed by atoms with Gasteiger partial charge in [-0.2, -0.15) is 0 Å². The van der Waals surface area contributed by atoms with Gasteiger partial charge in [-0.15, -0.1) is 0 Å². The highest BCUT2D eigenvalue weighted by molar-refractivity contribution is 6.30. The van der Waals surface area contributed by atoms with E-state index in [2.05, 4.69) is 26.9 Å². The van der Waals surface area contributed by atoms with Gasteiger partial charge in [-0.05, 0) is 42.7 Å². The highest BCUT2D eigenvalue weighted by atomic mass is 35.5. The second-order valence-corrected chi connectivity index (χ2v) is 5.76. The van der Waals surface area contributed by atoms with Crippen LogP contribution >= 0.6 is 11.6 Å². The Hall–Kier alpha value is -2.33. The van der Waals surface area contributed by atoms with Crippen molar-refractivity contribution in [3.8, 4) is 22.8 Å². The smallest absolute Gasteiger partial charge is 0.162 e. The first-order valence-corrected chi connectivity index (χ1v) is 8.03. The second kappa shape index (κ2) is 7.29. The molecule has 0 fully saturated rings. The molecule has 4 nitrogen and oxygen atoms in total. The van der Waals surface area contributed by atoms with Crippen molar-refractivity contribution in [2.75, 3.05) is 0 Å². The molecule has 5 heteroatoms. The average Bonchev–Trinajstić information content (AvgIpc) is 2.61. The SMILES string of the molecule is CCCCc1cnc(-c2cnc(-c3ccc(Cl)cc3)nc2)nc1. The highest BCUT2D eigenvalue weighted by Gasteiger charge is 2.05. The molecule has 0 unspecified atom stereocenters. The van der Waals surface area contributed by atoms with E-state index in [0.717, 1.165) is 29.5 Å². The summed E-state index contributed by atoms with van der Waals surface area (Å²) in [5.41, 5.74) is 2.90. The third-order valence-corrected chi connectivity index (χ3v) is 3.79. The van der Waals surface area contributed by atoms with Gasteiger partial charge in [0, 0.05) is 35.4 Å². The minimum absolute atomic E-state index is 0.646. The van der Waals surface area contributed by atoms with Crippen molar-refractivity contribution in [3.63, 3.8) is 0 Å². The summed E-state index contributed by atoms with van der Waals surface area (Å²) in [5, 5.41) is 0.696. The topological polar surface area (TPSA) is 51.6 Å². The van der Waals surface area contributed by atoms with Crippen molar-refractivity contribution in [3.05, 3.63) is 59.6 Å². The number of benzene rings is 1. The summed E-state index contributed by atoms with van der Waals surface area (Å²) < 4.78 is 0. The van der Waals surface area contributed by atoms with Gasteiger partial charge in [0.2, 0.25) is 0 Å². The van der Waals surface area contributed by atoms with E-state index in [-0.39, 0.29) is 0 Å². The zero-order chi connectivity index (χ0) is 16.1. The Kier molecular flexibility index (Phi) is 4.93. The van der Waals surface area contributed by atoms with Crippen LogP contribution in [0.2, 0.25) is 5.02 Å². The maximum atomic E-state index is 5.89. The molecule has 0 N–H and O–H groups in total. The summed E-state index contributed by atoms with van der Waals surface area (Å²) in [4.78, 5) is 17.6. The molecule has 0 amide bonds. The molecular formula is C18H17ClN4. The third-order valence-electron chi connectivity index (χ3n) is 3.54. The lowest BCUT2D eigenvalue weighted by Gasteiger charge is -2.04. The summed E-state index contributed by atoms with van der Waals surface area (Å²) in [5.74, 6) is 1.30. The van der Waals surface area contributed by atoms with Crippen LogP contribution in [-0.2, 0) is 6.42 Å². The summed E-state index contributed by atoms with van der Waals surface area (Å²) in [6.45, 7) is 2.18. The summed E-state index contributed by atoms with van der Waals surface area (Å²) >= 11 is 5.89. The Morgan fingerprint density at radius 3 is 1.96 bits per heavy atom. The lowest BCUT2D eigenvalue weighted by atomic mass is 10.1. The van der Waals surface area contributed by atoms with Crippen LogP contribution < -0.4 is 0 Å². The number of hydrogen-bond acceptors (Lipinski definition) is 4. The van der Waals surface area contributed by atoms with Crippen LogP contribution in [0.3, 0.4) is 0 Å². The molecular weight excluding hydrogens is 308 g/mol. The normalized spacial score (nSPS) is 10.7. The number of nitrogens with zero attached hydrogens (tertiary/aromatic N) is 4. The zero-order valence-corrected chi connectivity index (χ0v) is 13.7. The molecule has 23 heavy (non-hydrogen) atoms. The molecule has 0 radical (unpaired) electrons. The van der Waals surface area contributed by atoms with Crippen molar-refractivity contribution in [2.24, 2.45) is 0 Å². The summed E-state index contributed by atoms with van der Waals surface area (Å²) in [6.07, 6.45) is 10.6. The minimum atomic E-state index is 0.646. The summed E-state index contributed by atoms with van der Waals surface area (Å²) in [7, 11) is 0. The number of hydrogen-bond donors (Lipinski definition) is 0. The van der Waals surface area contributed by atoms with Gasteiger partial charge in [0.05, 0.1) is 5.56 Å². The average molecular weight is 325 g/mol. The van der Waals surface area contributed by atoms with E-state index >= 15 is 0 Å². The van der Waals surface area contributed by atoms with Crippen LogP contribution in [-0.4, -0.2) is 19.9 Å². The van der Waals surface area contributed by atoms with E-state index in [1.165, 1.54) is 6.42 Å². The van der Waals surface area contributed by atoms with E-state index in [9.17, 15) is 0 Å². The van der Waals surface area contributed by atoms with E-state index in [4.69, 9.17) is 11.6 Å². The molecule has 2 heterocycles. The van der Waals surface area contributed by atoms with Crippen molar-refractivity contribution < 1.29 is 0 Å². The van der Waals surface area contributed by atoms with Crippen LogP contribution in [0.4, 0.5) is 0 Å². The molecule has 0 atom stereocenters. The van der Waals surface area contributed by atoms with Gasteiger partial charge in [0.25, 0.3) is 0 Å². The first-order chi connectivity index (χ1) is 11.3. The number of unbranched alkanes of at least 4 members (excludes halogenated alkanes) is 1. The van der Waals surface area contributed by atoms with Gasteiger partial charge in [-0.3, -0.25) is 0 Å². The predicted molar refractivity (Wildman–Crippen MR) is 92.1 cm³/mol. The van der Waals surface area contributed by atoms with Crippen LogP contribution in [0, 0.1) is 0 Å². The second-order valence-electron chi connectivity index (χ2n) is 5.32. The molecule has 0 saturated heterocycles. The third kappa shape index (κ3) is 3.90. The number of halogens is 1. The van der Waals surface area contributed by atoms with Crippen LogP contribution in [0.1, 0.15) is 25.3 Å². The molecule has 1 aromatic carbocycles. The first-order valence-electron chi connectivity index (χ1n) is 7.65. The van der Waals surface area contributed by atoms with Gasteiger partial charge < -0.3 is 0 Å². The fraction of sp³-hybridized carbons (Fsp3) is 0.222. The fourth-order valence-electron chi connectivity index (χ4n) is 2.21. The van der Waals surface area contributed by atoms with E-state index in [0.29, 0.717) is 16.7 Å². The van der Waals surface area contributed by atoms with Gasteiger partial charge in [0.1, 0.15) is 0 Å². The van der Waals surface area contributed by atoms with Crippen LogP contribution in [0.5, 0.6) is 0 Å². The quantitative estimate of drug-likeness (QED) is 0.688. The number of aromatic nitrogens is 4. The lowest BCUT2D eigenvalue weighted by molar-refractivity contribution is 0.788. The van der Waals surface area contributed by atoms with Crippen molar-refractivity contribution in [1.82, 2.24) is 19.9 Å². The molecule has 116 valence electrons. The molecule has 2 aromatic heterocycles. The molecule has 3 rings (SSSR count). The maximum absolute atomic E-state index is 5.89. The number of aryl methyl sites for hydroxylation is 1. The molecule has 0 saturated carbocycles. The maximum Gasteiger partial charge on any atom is 0.162 e. The van der Waals surface area contributed by atoms with E-state index in [1.807, 2.05) is 36.7 Å². The van der Waals surface area contributed by atoms with Gasteiger partial charge >= 0.3 is 0 Å². The van der Waals surface area contributed by atoms with Crippen LogP contribution in [0.15, 0.2) is 49.1 Å². The monoisotopic (exact) mass is 324 g/mol. The molecule has 3 aromatic rings. The minimum Gasteiger partial charge on any atom is -0.236 e. The van der Waals surface area contributed by atoms with Gasteiger partial charge in [-0.25, -0.2) is 19.9 Å². The Morgan fingerprint density at radius 1 is 0.783 bits per heavy atom. The Morgan fingerprint density at radius 2 is 1.35 bits per heavy atom. The molecule has 0 spiro atoms. The van der Waals surface area contributed by atoms with Crippen LogP contribution in [0.25, 0.3) is 22.8 Å². The largest absolute Gasteiger partial charge is 0.236 e. The number of rotatable bonds is 5. The van der Waals surface area contributed by atoms with Crippen molar-refractivity contribution in [1.29, 1.82) is 0 Å². The standard InChI is InChI=1S/C18H17ClN4/c1-2-3-4-13-9-20-18(21-10-13)15-11-22-17(23-12-15)14-5-7-16(19)8-6-14/h5-12H,2-4H2,1H3. The Balaban J connectivity index is 1.77. The first kappa shape index (κ1) is 15.6. The van der Waals surface area contributed by atoms with E-state index < -0.39 is 0 Å².